The second-order valence-corrected chi connectivity index (χ2v) is 4.08. The van der Waals surface area contributed by atoms with Crippen LogP contribution < -0.4 is 4.74 Å². The van der Waals surface area contributed by atoms with E-state index in [-0.39, 0.29) is 11.4 Å². The maximum absolute atomic E-state index is 13.5. The highest BCUT2D eigenvalue weighted by molar-refractivity contribution is 5.85. The molecule has 1 N–H and O–H groups in total. The van der Waals surface area contributed by atoms with Crippen molar-refractivity contribution in [2.75, 3.05) is 7.11 Å². The highest BCUT2D eigenvalue weighted by Gasteiger charge is 2.11. The predicted octanol–water partition coefficient (Wildman–Crippen LogP) is 2.09. The summed E-state index contributed by atoms with van der Waals surface area (Å²) in [6.45, 7) is 2.05. The van der Waals surface area contributed by atoms with Crippen molar-refractivity contribution in [2.24, 2.45) is 0 Å². The molecule has 0 radical (unpaired) electrons. The lowest BCUT2D eigenvalue weighted by atomic mass is 10.2. The van der Waals surface area contributed by atoms with Crippen molar-refractivity contribution >= 4 is 5.97 Å². The van der Waals surface area contributed by atoms with Gasteiger partial charge in [0.25, 0.3) is 0 Å². The van der Waals surface area contributed by atoms with Crippen molar-refractivity contribution in [1.82, 2.24) is 9.55 Å². The number of hydrogen-bond donors (Lipinski definition) is 1. The van der Waals surface area contributed by atoms with Gasteiger partial charge in [0.2, 0.25) is 0 Å². The van der Waals surface area contributed by atoms with Gasteiger partial charge in [-0.1, -0.05) is 6.07 Å². The number of carbonyl (C=O) groups is 1. The number of aromatic carboxylic acids is 1. The van der Waals surface area contributed by atoms with E-state index in [0.29, 0.717) is 17.9 Å². The number of imidazole rings is 1. The third kappa shape index (κ3) is 2.73. The van der Waals surface area contributed by atoms with Gasteiger partial charge in [-0.25, -0.2) is 14.2 Å². The van der Waals surface area contributed by atoms with Gasteiger partial charge in [0.15, 0.2) is 17.3 Å². The van der Waals surface area contributed by atoms with Gasteiger partial charge in [0, 0.05) is 12.7 Å². The molecule has 0 fully saturated rings. The van der Waals surface area contributed by atoms with Crippen LogP contribution in [0.15, 0.2) is 24.4 Å². The zero-order valence-electron chi connectivity index (χ0n) is 10.6. The lowest BCUT2D eigenvalue weighted by molar-refractivity contribution is 0.0691. The molecule has 0 spiro atoms. The molecule has 0 saturated heterocycles. The minimum Gasteiger partial charge on any atom is -0.494 e. The fourth-order valence-electron chi connectivity index (χ4n) is 1.78. The van der Waals surface area contributed by atoms with Crippen molar-refractivity contribution in [2.45, 2.75) is 13.5 Å². The van der Waals surface area contributed by atoms with Crippen LogP contribution in [-0.4, -0.2) is 27.7 Å². The number of halogens is 1. The normalized spacial score (nSPS) is 10.5. The molecule has 1 aromatic heterocycles. The van der Waals surface area contributed by atoms with E-state index < -0.39 is 11.8 Å². The van der Waals surface area contributed by atoms with Crippen LogP contribution in [0.2, 0.25) is 0 Å². The molecule has 6 heteroatoms. The Hall–Kier alpha value is -2.37. The summed E-state index contributed by atoms with van der Waals surface area (Å²) in [5.41, 5.74) is 0.683. The Morgan fingerprint density at radius 1 is 1.53 bits per heavy atom. The number of benzene rings is 1. The first-order valence-electron chi connectivity index (χ1n) is 5.60. The summed E-state index contributed by atoms with van der Waals surface area (Å²) >= 11 is 0. The molecule has 0 aliphatic carbocycles. The van der Waals surface area contributed by atoms with E-state index in [9.17, 15) is 9.18 Å². The zero-order chi connectivity index (χ0) is 14.0. The van der Waals surface area contributed by atoms with Crippen molar-refractivity contribution in [1.29, 1.82) is 0 Å². The highest BCUT2D eigenvalue weighted by atomic mass is 19.1. The molecule has 1 aromatic carbocycles. The molecule has 5 nitrogen and oxygen atoms in total. The summed E-state index contributed by atoms with van der Waals surface area (Å²) in [6, 6.07) is 4.62. The van der Waals surface area contributed by atoms with Crippen LogP contribution in [0, 0.1) is 12.7 Å². The molecule has 0 amide bonds. The van der Waals surface area contributed by atoms with E-state index in [4.69, 9.17) is 9.84 Å². The number of methoxy groups -OCH3 is 1. The minimum absolute atomic E-state index is 0.0218. The Bertz CT molecular complexity index is 622. The molecule has 0 saturated carbocycles. The fraction of sp³-hybridized carbons (Fsp3) is 0.231. The Morgan fingerprint density at radius 2 is 2.26 bits per heavy atom. The molecular weight excluding hydrogens is 251 g/mol. The van der Waals surface area contributed by atoms with Gasteiger partial charge in [-0.3, -0.25) is 0 Å². The number of carboxylic acid groups (broad SMARTS) is 1. The Kier molecular flexibility index (Phi) is 3.50. The van der Waals surface area contributed by atoms with Gasteiger partial charge < -0.3 is 14.4 Å². The lowest BCUT2D eigenvalue weighted by Gasteiger charge is -2.07. The summed E-state index contributed by atoms with van der Waals surface area (Å²) in [4.78, 5) is 14.7. The molecule has 2 rings (SSSR count). The molecule has 0 atom stereocenters. The van der Waals surface area contributed by atoms with Gasteiger partial charge in [-0.2, -0.15) is 0 Å². The van der Waals surface area contributed by atoms with Gasteiger partial charge in [-0.05, 0) is 24.6 Å². The van der Waals surface area contributed by atoms with Crippen LogP contribution in [0.5, 0.6) is 5.75 Å². The number of carboxylic acids is 1. The van der Waals surface area contributed by atoms with Crippen LogP contribution in [0.3, 0.4) is 0 Å². The monoisotopic (exact) mass is 264 g/mol. The van der Waals surface area contributed by atoms with E-state index in [1.54, 1.807) is 17.6 Å². The van der Waals surface area contributed by atoms with E-state index in [2.05, 4.69) is 4.98 Å². The van der Waals surface area contributed by atoms with E-state index in [1.807, 2.05) is 0 Å². The van der Waals surface area contributed by atoms with Crippen molar-refractivity contribution in [3.8, 4) is 5.75 Å². The zero-order valence-corrected chi connectivity index (χ0v) is 10.6. The summed E-state index contributed by atoms with van der Waals surface area (Å²) in [6.07, 6.45) is 1.43. The molecule has 0 aliphatic heterocycles. The Morgan fingerprint density at radius 3 is 2.79 bits per heavy atom. The molecule has 0 unspecified atom stereocenters. The van der Waals surface area contributed by atoms with Gasteiger partial charge in [0.05, 0.1) is 7.11 Å². The Labute approximate surface area is 109 Å². The van der Waals surface area contributed by atoms with Crippen LogP contribution >= 0.6 is 0 Å². The second-order valence-electron chi connectivity index (χ2n) is 4.08. The van der Waals surface area contributed by atoms with E-state index in [1.165, 1.54) is 25.4 Å². The molecule has 2 aromatic rings. The lowest BCUT2D eigenvalue weighted by Crippen LogP contribution is -2.01. The second kappa shape index (κ2) is 5.09. The maximum atomic E-state index is 13.5. The van der Waals surface area contributed by atoms with Crippen molar-refractivity contribution < 1.29 is 19.0 Å². The Balaban J connectivity index is 2.26. The summed E-state index contributed by atoms with van der Waals surface area (Å²) in [5, 5.41) is 8.85. The molecule has 19 heavy (non-hydrogen) atoms. The quantitative estimate of drug-likeness (QED) is 0.918. The summed E-state index contributed by atoms with van der Waals surface area (Å²) < 4.78 is 20.0. The third-order valence-corrected chi connectivity index (χ3v) is 2.76. The first-order valence-corrected chi connectivity index (χ1v) is 5.60. The molecule has 0 aliphatic rings. The van der Waals surface area contributed by atoms with Crippen LogP contribution in [0.1, 0.15) is 21.9 Å². The minimum atomic E-state index is -1.08. The van der Waals surface area contributed by atoms with Crippen LogP contribution in [0.25, 0.3) is 0 Å². The number of aryl methyl sites for hydroxylation is 1. The third-order valence-electron chi connectivity index (χ3n) is 2.76. The fourth-order valence-corrected chi connectivity index (χ4v) is 1.78. The highest BCUT2D eigenvalue weighted by Crippen LogP contribution is 2.18. The molecule has 0 bridgehead atoms. The van der Waals surface area contributed by atoms with E-state index >= 15 is 0 Å². The topological polar surface area (TPSA) is 64.3 Å². The summed E-state index contributed by atoms with van der Waals surface area (Å²) in [7, 11) is 1.40. The van der Waals surface area contributed by atoms with Crippen LogP contribution in [0.4, 0.5) is 4.39 Å². The van der Waals surface area contributed by atoms with Gasteiger partial charge in [0.1, 0.15) is 5.82 Å². The van der Waals surface area contributed by atoms with E-state index in [0.717, 1.165) is 0 Å². The average Bonchev–Trinajstić information content (AvgIpc) is 2.71. The van der Waals surface area contributed by atoms with Crippen LogP contribution in [-0.2, 0) is 6.54 Å². The standard InChI is InChI=1S/C13H13FN2O3/c1-8-15-11(13(17)18)7-16(8)6-9-3-4-12(19-2)10(14)5-9/h3-5,7H,6H2,1-2H3,(H,17,18). The number of rotatable bonds is 4. The van der Waals surface area contributed by atoms with Gasteiger partial charge in [-0.15, -0.1) is 0 Å². The molecular formula is C13H13FN2O3. The SMILES string of the molecule is COc1ccc(Cn2cc(C(=O)O)nc2C)cc1F. The van der Waals surface area contributed by atoms with Gasteiger partial charge >= 0.3 is 5.97 Å². The smallest absolute Gasteiger partial charge is 0.356 e. The van der Waals surface area contributed by atoms with Crippen molar-refractivity contribution in [3.05, 3.63) is 47.3 Å². The first kappa shape index (κ1) is 13.1. The number of ether oxygens (including phenoxy) is 1. The number of nitrogens with zero attached hydrogens (tertiary/aromatic N) is 2. The number of hydrogen-bond acceptors (Lipinski definition) is 3. The molecule has 100 valence electrons. The largest absolute Gasteiger partial charge is 0.494 e. The van der Waals surface area contributed by atoms with Crippen molar-refractivity contribution in [3.63, 3.8) is 0 Å². The summed E-state index contributed by atoms with van der Waals surface area (Å²) in [5.74, 6) is -0.787. The first-order chi connectivity index (χ1) is 9.01. The number of aromatic nitrogens is 2. The molecule has 1 heterocycles. The average molecular weight is 264 g/mol. The predicted molar refractivity (Wildman–Crippen MR) is 66.0 cm³/mol. The maximum Gasteiger partial charge on any atom is 0.356 e.